The van der Waals surface area contributed by atoms with Crippen molar-refractivity contribution in [1.29, 1.82) is 0 Å². The van der Waals surface area contributed by atoms with Crippen LogP contribution in [0, 0.1) is 5.82 Å². The smallest absolute Gasteiger partial charge is 0.284 e. The SMILES string of the molecule is C=CCN1C(=O)/C(=C/c2ccc(OC)c(OCCCCC)c2)SC1=NS(=O)(=O)c1ccc(F)cc1. The maximum absolute atomic E-state index is 13.2. The summed E-state index contributed by atoms with van der Waals surface area (Å²) in [5.41, 5.74) is 0.688. The third kappa shape index (κ3) is 6.73. The molecule has 0 spiro atoms. The van der Waals surface area contributed by atoms with E-state index in [0.29, 0.717) is 28.6 Å². The van der Waals surface area contributed by atoms with E-state index in [4.69, 9.17) is 9.47 Å². The van der Waals surface area contributed by atoms with Crippen molar-refractivity contribution in [3.8, 4) is 11.5 Å². The Hall–Kier alpha value is -3.11. The maximum atomic E-state index is 13.2. The summed E-state index contributed by atoms with van der Waals surface area (Å²) >= 11 is 0.941. The Morgan fingerprint density at radius 1 is 1.14 bits per heavy atom. The number of hydrogen-bond acceptors (Lipinski definition) is 6. The lowest BCUT2D eigenvalue weighted by Gasteiger charge is -2.12. The van der Waals surface area contributed by atoms with Crippen LogP contribution < -0.4 is 9.47 Å². The molecule has 35 heavy (non-hydrogen) atoms. The van der Waals surface area contributed by atoms with Gasteiger partial charge >= 0.3 is 0 Å². The molecule has 3 rings (SSSR count). The molecule has 1 aliphatic rings. The van der Waals surface area contributed by atoms with Gasteiger partial charge in [0.25, 0.3) is 15.9 Å². The Balaban J connectivity index is 1.91. The van der Waals surface area contributed by atoms with Gasteiger partial charge in [0.15, 0.2) is 16.7 Å². The summed E-state index contributed by atoms with van der Waals surface area (Å²) in [4.78, 5) is 14.4. The van der Waals surface area contributed by atoms with Crippen LogP contribution in [-0.2, 0) is 14.8 Å². The number of hydrogen-bond donors (Lipinski definition) is 0. The van der Waals surface area contributed by atoms with E-state index in [-0.39, 0.29) is 16.6 Å². The van der Waals surface area contributed by atoms with Gasteiger partial charge in [-0.05, 0) is 66.2 Å². The number of amides is 1. The van der Waals surface area contributed by atoms with Crippen molar-refractivity contribution in [2.75, 3.05) is 20.3 Å². The maximum Gasteiger partial charge on any atom is 0.284 e. The minimum absolute atomic E-state index is 0.00461. The van der Waals surface area contributed by atoms with Gasteiger partial charge in [0, 0.05) is 6.54 Å². The van der Waals surface area contributed by atoms with E-state index in [2.05, 4.69) is 17.9 Å². The van der Waals surface area contributed by atoms with Gasteiger partial charge < -0.3 is 9.47 Å². The summed E-state index contributed by atoms with van der Waals surface area (Å²) in [6.07, 6.45) is 6.18. The lowest BCUT2D eigenvalue weighted by atomic mass is 10.2. The molecule has 2 aromatic rings. The highest BCUT2D eigenvalue weighted by atomic mass is 32.2. The third-order valence-electron chi connectivity index (χ3n) is 5.00. The largest absolute Gasteiger partial charge is 0.493 e. The van der Waals surface area contributed by atoms with Crippen molar-refractivity contribution in [2.45, 2.75) is 31.1 Å². The highest BCUT2D eigenvalue weighted by molar-refractivity contribution is 8.19. The average molecular weight is 519 g/mol. The number of ether oxygens (including phenoxy) is 2. The molecule has 0 atom stereocenters. The number of nitrogens with zero attached hydrogens (tertiary/aromatic N) is 2. The lowest BCUT2D eigenvalue weighted by Crippen LogP contribution is -2.29. The van der Waals surface area contributed by atoms with E-state index in [1.54, 1.807) is 31.4 Å². The molecular formula is C25H27FN2O5S2. The first kappa shape index (κ1) is 26.5. The van der Waals surface area contributed by atoms with Crippen LogP contribution in [0.1, 0.15) is 31.7 Å². The summed E-state index contributed by atoms with van der Waals surface area (Å²) in [6, 6.07) is 9.64. The number of benzene rings is 2. The number of unbranched alkanes of at least 4 members (excludes halogenated alkanes) is 2. The second kappa shape index (κ2) is 12.0. The lowest BCUT2D eigenvalue weighted by molar-refractivity contribution is -0.121. The van der Waals surface area contributed by atoms with Crippen LogP contribution in [0.5, 0.6) is 11.5 Å². The van der Waals surface area contributed by atoms with E-state index in [1.807, 2.05) is 0 Å². The van der Waals surface area contributed by atoms with Gasteiger partial charge in [0.05, 0.1) is 23.5 Å². The van der Waals surface area contributed by atoms with E-state index >= 15 is 0 Å². The van der Waals surface area contributed by atoms with Gasteiger partial charge in [-0.15, -0.1) is 11.0 Å². The molecule has 0 saturated carbocycles. The fourth-order valence-corrected chi connectivity index (χ4v) is 5.40. The molecule has 0 bridgehead atoms. The number of amidine groups is 1. The zero-order chi connectivity index (χ0) is 25.4. The summed E-state index contributed by atoms with van der Waals surface area (Å²) in [5.74, 6) is 0.178. The Kier molecular flexibility index (Phi) is 9.11. The number of carbonyl (C=O) groups is 1. The minimum atomic E-state index is -4.15. The van der Waals surface area contributed by atoms with E-state index in [1.165, 1.54) is 11.0 Å². The molecule has 0 aliphatic carbocycles. The van der Waals surface area contributed by atoms with Crippen molar-refractivity contribution in [1.82, 2.24) is 4.90 Å². The van der Waals surface area contributed by atoms with Crippen molar-refractivity contribution < 1.29 is 27.1 Å². The second-order valence-electron chi connectivity index (χ2n) is 7.58. The van der Waals surface area contributed by atoms with Gasteiger partial charge in [0.1, 0.15) is 5.82 Å². The average Bonchev–Trinajstić information content (AvgIpc) is 3.11. The van der Waals surface area contributed by atoms with Crippen LogP contribution in [0.2, 0.25) is 0 Å². The van der Waals surface area contributed by atoms with E-state index in [0.717, 1.165) is 55.3 Å². The molecule has 0 aromatic heterocycles. The molecule has 0 radical (unpaired) electrons. The summed E-state index contributed by atoms with van der Waals surface area (Å²) in [7, 11) is -2.60. The highest BCUT2D eigenvalue weighted by Gasteiger charge is 2.34. The van der Waals surface area contributed by atoms with Gasteiger partial charge in [-0.3, -0.25) is 9.69 Å². The van der Waals surface area contributed by atoms with Gasteiger partial charge in [-0.2, -0.15) is 8.42 Å². The Bertz CT molecular complexity index is 1240. The molecule has 0 N–H and O–H groups in total. The van der Waals surface area contributed by atoms with Gasteiger partial charge in [0.2, 0.25) is 0 Å². The molecule has 1 saturated heterocycles. The second-order valence-corrected chi connectivity index (χ2v) is 10.2. The summed E-state index contributed by atoms with van der Waals surface area (Å²) in [5, 5.41) is -0.00461. The number of carbonyl (C=O) groups excluding carboxylic acids is 1. The van der Waals surface area contributed by atoms with E-state index < -0.39 is 21.7 Å². The minimum Gasteiger partial charge on any atom is -0.493 e. The number of methoxy groups -OCH3 is 1. The summed E-state index contributed by atoms with van der Waals surface area (Å²) in [6.45, 7) is 6.38. The predicted octanol–water partition coefficient (Wildman–Crippen LogP) is 5.25. The fourth-order valence-electron chi connectivity index (χ4n) is 3.21. The zero-order valence-corrected chi connectivity index (χ0v) is 21.2. The number of thioether (sulfide) groups is 1. The Labute approximate surface area is 209 Å². The molecule has 1 heterocycles. The molecule has 10 heteroatoms. The normalized spacial score (nSPS) is 16.2. The Morgan fingerprint density at radius 3 is 2.54 bits per heavy atom. The van der Waals surface area contributed by atoms with Crippen molar-refractivity contribution in [2.24, 2.45) is 4.40 Å². The monoisotopic (exact) mass is 518 g/mol. The first-order chi connectivity index (χ1) is 16.8. The van der Waals surface area contributed by atoms with Crippen LogP contribution in [0.3, 0.4) is 0 Å². The first-order valence-corrected chi connectivity index (χ1v) is 13.3. The molecule has 1 fully saturated rings. The molecule has 1 amide bonds. The number of halogens is 1. The van der Waals surface area contributed by atoms with E-state index in [9.17, 15) is 17.6 Å². The van der Waals surface area contributed by atoms with Crippen LogP contribution in [0.15, 0.2) is 69.3 Å². The molecule has 0 unspecified atom stereocenters. The van der Waals surface area contributed by atoms with Crippen LogP contribution in [0.25, 0.3) is 6.08 Å². The number of rotatable bonds is 11. The first-order valence-electron chi connectivity index (χ1n) is 11.0. The molecule has 7 nitrogen and oxygen atoms in total. The third-order valence-corrected chi connectivity index (χ3v) is 7.40. The topological polar surface area (TPSA) is 85.3 Å². The van der Waals surface area contributed by atoms with Crippen molar-refractivity contribution in [3.63, 3.8) is 0 Å². The zero-order valence-electron chi connectivity index (χ0n) is 19.6. The van der Waals surface area contributed by atoms with Gasteiger partial charge in [-0.1, -0.05) is 31.9 Å². The quantitative estimate of drug-likeness (QED) is 0.229. The van der Waals surface area contributed by atoms with Crippen LogP contribution in [-0.4, -0.2) is 44.7 Å². The number of sulfonamides is 1. The van der Waals surface area contributed by atoms with Gasteiger partial charge in [-0.25, -0.2) is 4.39 Å². The molecule has 186 valence electrons. The summed E-state index contributed by atoms with van der Waals surface area (Å²) < 4.78 is 53.8. The van der Waals surface area contributed by atoms with Crippen LogP contribution in [0.4, 0.5) is 4.39 Å². The van der Waals surface area contributed by atoms with Crippen molar-refractivity contribution in [3.05, 3.63) is 71.4 Å². The van der Waals surface area contributed by atoms with Crippen LogP contribution >= 0.6 is 11.8 Å². The molecule has 1 aliphatic heterocycles. The van der Waals surface area contributed by atoms with Crippen molar-refractivity contribution >= 4 is 38.9 Å². The Morgan fingerprint density at radius 2 is 1.89 bits per heavy atom. The predicted molar refractivity (Wildman–Crippen MR) is 137 cm³/mol. The molecular weight excluding hydrogens is 491 g/mol. The molecule has 2 aromatic carbocycles. The highest BCUT2D eigenvalue weighted by Crippen LogP contribution is 2.35. The standard InChI is InChI=1S/C25H27FN2O5S2/c1-4-6-7-15-33-22-16-18(8-13-21(22)32-3)17-23-24(29)28(14-5-2)25(34-23)27-35(30,31)20-11-9-19(26)10-12-20/h5,8-13,16-17H,2,4,6-7,14-15H2,1,3H3/b23-17-,27-25?. The fraction of sp³-hybridized carbons (Fsp3) is 0.280.